The van der Waals surface area contributed by atoms with Crippen molar-refractivity contribution in [2.75, 3.05) is 5.32 Å². The molecule has 102 valence electrons. The molecule has 0 saturated heterocycles. The standard InChI is InChI=1S/C19H16AsN/c1-14-7-6-8-15(13-14)20-16-9-2-4-11-18(16)21-19-12-5-3-10-17(19)20/h2-13,21H,1H3. The molecular formula is C19H16AsN. The summed E-state index contributed by atoms with van der Waals surface area (Å²) in [5.74, 6) is 0. The van der Waals surface area contributed by atoms with Gasteiger partial charge in [-0.05, 0) is 0 Å². The molecular weight excluding hydrogens is 317 g/mol. The van der Waals surface area contributed by atoms with Crippen LogP contribution in [0.2, 0.25) is 0 Å². The van der Waals surface area contributed by atoms with Crippen LogP contribution in [-0.4, -0.2) is 14.7 Å². The topological polar surface area (TPSA) is 12.0 Å². The van der Waals surface area contributed by atoms with E-state index >= 15 is 0 Å². The fraction of sp³-hybridized carbons (Fsp3) is 0.0526. The molecule has 1 heterocycles. The van der Waals surface area contributed by atoms with Crippen molar-refractivity contribution in [3.05, 3.63) is 78.4 Å². The number of benzene rings is 3. The molecule has 1 aliphatic rings. The Balaban J connectivity index is 1.97. The Hall–Kier alpha value is -1.98. The van der Waals surface area contributed by atoms with Gasteiger partial charge < -0.3 is 0 Å². The predicted molar refractivity (Wildman–Crippen MR) is 92.0 cm³/mol. The third-order valence-corrected chi connectivity index (χ3v) is 9.14. The van der Waals surface area contributed by atoms with E-state index in [1.165, 1.54) is 30.0 Å². The Kier molecular flexibility index (Phi) is 3.09. The molecule has 0 fully saturated rings. The first-order valence-corrected chi connectivity index (χ1v) is 9.96. The first kappa shape index (κ1) is 12.7. The van der Waals surface area contributed by atoms with Crippen molar-refractivity contribution < 1.29 is 0 Å². The van der Waals surface area contributed by atoms with Crippen LogP contribution in [-0.2, 0) is 0 Å². The third-order valence-electron chi connectivity index (χ3n) is 3.82. The fourth-order valence-electron chi connectivity index (χ4n) is 2.87. The van der Waals surface area contributed by atoms with Gasteiger partial charge in [0.25, 0.3) is 0 Å². The van der Waals surface area contributed by atoms with E-state index in [2.05, 4.69) is 85.0 Å². The summed E-state index contributed by atoms with van der Waals surface area (Å²) in [5, 5.41) is 3.59. The number of para-hydroxylation sites is 2. The first-order chi connectivity index (χ1) is 10.3. The number of fused-ring (bicyclic) bond motifs is 2. The fourth-order valence-corrected chi connectivity index (χ4v) is 8.32. The second-order valence-corrected chi connectivity index (χ2v) is 9.85. The van der Waals surface area contributed by atoms with E-state index in [1.54, 1.807) is 0 Å². The summed E-state index contributed by atoms with van der Waals surface area (Å²) in [7, 11) is 0. The van der Waals surface area contributed by atoms with Gasteiger partial charge in [0.15, 0.2) is 0 Å². The summed E-state index contributed by atoms with van der Waals surface area (Å²) in [4.78, 5) is 0. The van der Waals surface area contributed by atoms with Crippen LogP contribution < -0.4 is 18.4 Å². The molecule has 0 atom stereocenters. The average molecular weight is 333 g/mol. The molecule has 4 rings (SSSR count). The van der Waals surface area contributed by atoms with Crippen LogP contribution in [0.1, 0.15) is 5.56 Å². The number of aryl methyl sites for hydroxylation is 1. The molecule has 1 nitrogen and oxygen atoms in total. The molecule has 0 saturated carbocycles. The summed E-state index contributed by atoms with van der Waals surface area (Å²) >= 11 is -1.45. The number of rotatable bonds is 1. The van der Waals surface area contributed by atoms with Gasteiger partial charge in [0.05, 0.1) is 0 Å². The van der Waals surface area contributed by atoms with Crippen LogP contribution in [0.3, 0.4) is 0 Å². The summed E-state index contributed by atoms with van der Waals surface area (Å²) in [5.41, 5.74) is 3.89. The van der Waals surface area contributed by atoms with Crippen LogP contribution in [0, 0.1) is 6.92 Å². The maximum absolute atomic E-state index is 3.59. The minimum atomic E-state index is -1.45. The molecule has 0 spiro atoms. The monoisotopic (exact) mass is 333 g/mol. The van der Waals surface area contributed by atoms with Gasteiger partial charge in [-0.1, -0.05) is 0 Å². The molecule has 1 aliphatic heterocycles. The second kappa shape index (κ2) is 5.09. The zero-order valence-electron chi connectivity index (χ0n) is 11.9. The molecule has 1 N–H and O–H groups in total. The average Bonchev–Trinajstić information content (AvgIpc) is 2.52. The zero-order valence-corrected chi connectivity index (χ0v) is 13.8. The van der Waals surface area contributed by atoms with Crippen molar-refractivity contribution in [2.24, 2.45) is 0 Å². The third kappa shape index (κ3) is 2.18. The Bertz CT molecular complexity index is 764. The van der Waals surface area contributed by atoms with Gasteiger partial charge in [-0.15, -0.1) is 0 Å². The van der Waals surface area contributed by atoms with Crippen LogP contribution >= 0.6 is 0 Å². The first-order valence-electron chi connectivity index (χ1n) is 7.15. The van der Waals surface area contributed by atoms with Crippen LogP contribution in [0.15, 0.2) is 72.8 Å². The predicted octanol–water partition coefficient (Wildman–Crippen LogP) is 2.57. The summed E-state index contributed by atoms with van der Waals surface area (Å²) < 4.78 is 4.49. The van der Waals surface area contributed by atoms with E-state index < -0.39 is 14.7 Å². The number of anilines is 2. The number of nitrogens with one attached hydrogen (secondary N) is 1. The van der Waals surface area contributed by atoms with Gasteiger partial charge in [0.2, 0.25) is 0 Å². The van der Waals surface area contributed by atoms with Gasteiger partial charge in [-0.2, -0.15) is 0 Å². The van der Waals surface area contributed by atoms with Gasteiger partial charge in [0.1, 0.15) is 0 Å². The molecule has 0 bridgehead atoms. The van der Waals surface area contributed by atoms with Gasteiger partial charge in [-0.3, -0.25) is 0 Å². The number of hydrogen-bond acceptors (Lipinski definition) is 1. The van der Waals surface area contributed by atoms with E-state index in [4.69, 9.17) is 0 Å². The van der Waals surface area contributed by atoms with Crippen LogP contribution in [0.4, 0.5) is 11.4 Å². The van der Waals surface area contributed by atoms with Crippen molar-refractivity contribution in [2.45, 2.75) is 6.92 Å². The summed E-state index contributed by atoms with van der Waals surface area (Å²) in [6.45, 7) is 2.18. The van der Waals surface area contributed by atoms with Crippen LogP contribution in [0.25, 0.3) is 0 Å². The van der Waals surface area contributed by atoms with Gasteiger partial charge in [0, 0.05) is 0 Å². The van der Waals surface area contributed by atoms with Gasteiger partial charge in [-0.25, -0.2) is 0 Å². The SMILES string of the molecule is Cc1cccc([As]2c3ccccc3Nc3ccccc32)c1. The second-order valence-electron chi connectivity index (χ2n) is 5.33. The molecule has 0 aromatic heterocycles. The van der Waals surface area contributed by atoms with Crippen molar-refractivity contribution in [1.29, 1.82) is 0 Å². The van der Waals surface area contributed by atoms with Crippen molar-refractivity contribution in [3.63, 3.8) is 0 Å². The summed E-state index contributed by atoms with van der Waals surface area (Å²) in [6.07, 6.45) is 0. The Labute approximate surface area is 129 Å². The van der Waals surface area contributed by atoms with E-state index in [0.29, 0.717) is 0 Å². The Morgan fingerprint density at radius 3 is 1.95 bits per heavy atom. The Morgan fingerprint density at radius 1 is 0.714 bits per heavy atom. The van der Waals surface area contributed by atoms with Crippen molar-refractivity contribution in [3.8, 4) is 0 Å². The molecule has 0 aliphatic carbocycles. The van der Waals surface area contributed by atoms with E-state index in [-0.39, 0.29) is 0 Å². The molecule has 21 heavy (non-hydrogen) atoms. The molecule has 0 unspecified atom stereocenters. The quantitative estimate of drug-likeness (QED) is 0.528. The molecule has 2 heteroatoms. The summed E-state index contributed by atoms with van der Waals surface area (Å²) in [6, 6.07) is 26.5. The maximum atomic E-state index is 3.59. The van der Waals surface area contributed by atoms with E-state index in [9.17, 15) is 0 Å². The van der Waals surface area contributed by atoms with E-state index in [1.807, 2.05) is 0 Å². The van der Waals surface area contributed by atoms with Crippen molar-refractivity contribution in [1.82, 2.24) is 0 Å². The van der Waals surface area contributed by atoms with Gasteiger partial charge >= 0.3 is 130 Å². The van der Waals surface area contributed by atoms with Crippen molar-refractivity contribution >= 4 is 39.1 Å². The molecule has 3 aromatic carbocycles. The van der Waals surface area contributed by atoms with Crippen LogP contribution in [0.5, 0.6) is 0 Å². The molecule has 3 aromatic rings. The minimum absolute atomic E-state index is 1.28. The van der Waals surface area contributed by atoms with E-state index in [0.717, 1.165) is 0 Å². The zero-order chi connectivity index (χ0) is 14.2. The molecule has 0 amide bonds. The number of hydrogen-bond donors (Lipinski definition) is 1. The normalized spacial score (nSPS) is 13.2. The Morgan fingerprint density at radius 2 is 1.33 bits per heavy atom. The molecule has 0 radical (unpaired) electrons.